The summed E-state index contributed by atoms with van der Waals surface area (Å²) in [7, 11) is 0. The van der Waals surface area contributed by atoms with Gasteiger partial charge in [-0.1, -0.05) is 29.8 Å². The molecule has 0 bridgehead atoms. The summed E-state index contributed by atoms with van der Waals surface area (Å²) in [5, 5.41) is 4.40. The maximum Gasteiger partial charge on any atom is 0.126 e. The fourth-order valence-corrected chi connectivity index (χ4v) is 3.23. The Morgan fingerprint density at radius 1 is 1.24 bits per heavy atom. The number of benzene rings is 2. The summed E-state index contributed by atoms with van der Waals surface area (Å²) >= 11 is 6.04. The molecular formula is C18H19ClFN. The molecule has 2 aromatic carbocycles. The largest absolute Gasteiger partial charge is 0.303 e. The van der Waals surface area contributed by atoms with Gasteiger partial charge in [0.15, 0.2) is 0 Å². The summed E-state index contributed by atoms with van der Waals surface area (Å²) < 4.78 is 13.7. The standard InChI is InChI=1S/C18H19ClFN/c1-11-3-4-13(10-17(11)20)12(2)21-18-8-5-14-9-15(19)6-7-16(14)18/h3-4,6-7,9-10,12,18,21H,5,8H2,1-2H3. The lowest BCUT2D eigenvalue weighted by atomic mass is 10.0. The predicted octanol–water partition coefficient (Wildman–Crippen LogP) is 5.13. The zero-order valence-electron chi connectivity index (χ0n) is 12.3. The van der Waals surface area contributed by atoms with Crippen LogP contribution in [0.5, 0.6) is 0 Å². The molecule has 0 saturated heterocycles. The smallest absolute Gasteiger partial charge is 0.126 e. The first kappa shape index (κ1) is 14.6. The molecule has 1 aliphatic rings. The van der Waals surface area contributed by atoms with Gasteiger partial charge < -0.3 is 5.32 Å². The third-order valence-electron chi connectivity index (χ3n) is 4.33. The van der Waals surface area contributed by atoms with E-state index in [4.69, 9.17) is 11.6 Å². The van der Waals surface area contributed by atoms with Gasteiger partial charge in [0.2, 0.25) is 0 Å². The van der Waals surface area contributed by atoms with Crippen LogP contribution in [0.4, 0.5) is 4.39 Å². The van der Waals surface area contributed by atoms with Crippen LogP contribution < -0.4 is 5.32 Å². The zero-order chi connectivity index (χ0) is 15.0. The van der Waals surface area contributed by atoms with Crippen LogP contribution in [0.25, 0.3) is 0 Å². The van der Waals surface area contributed by atoms with Crippen LogP contribution in [0.1, 0.15) is 47.7 Å². The van der Waals surface area contributed by atoms with E-state index in [1.54, 1.807) is 13.0 Å². The number of fused-ring (bicyclic) bond motifs is 1. The summed E-state index contributed by atoms with van der Waals surface area (Å²) in [6.45, 7) is 3.87. The molecule has 2 aromatic rings. The molecule has 0 fully saturated rings. The van der Waals surface area contributed by atoms with Gasteiger partial charge in [-0.15, -0.1) is 0 Å². The molecule has 0 heterocycles. The van der Waals surface area contributed by atoms with Crippen LogP contribution >= 0.6 is 11.6 Å². The minimum absolute atomic E-state index is 0.117. The molecule has 0 aromatic heterocycles. The van der Waals surface area contributed by atoms with Gasteiger partial charge >= 0.3 is 0 Å². The summed E-state index contributed by atoms with van der Waals surface area (Å²) in [6.07, 6.45) is 2.11. The molecule has 2 unspecified atom stereocenters. The Hall–Kier alpha value is -1.38. The van der Waals surface area contributed by atoms with Gasteiger partial charge in [-0.05, 0) is 67.1 Å². The molecule has 1 aliphatic carbocycles. The third-order valence-corrected chi connectivity index (χ3v) is 4.56. The Bertz CT molecular complexity index is 668. The quantitative estimate of drug-likeness (QED) is 0.829. The number of hydrogen-bond donors (Lipinski definition) is 1. The first-order valence-corrected chi connectivity index (χ1v) is 7.73. The summed E-state index contributed by atoms with van der Waals surface area (Å²) in [5.41, 5.74) is 4.31. The Kier molecular flexibility index (Phi) is 4.01. The molecule has 3 rings (SSSR count). The highest BCUT2D eigenvalue weighted by atomic mass is 35.5. The Morgan fingerprint density at radius 2 is 2.05 bits per heavy atom. The van der Waals surface area contributed by atoms with Crippen molar-refractivity contribution in [3.63, 3.8) is 0 Å². The van der Waals surface area contributed by atoms with E-state index in [9.17, 15) is 4.39 Å². The molecule has 0 amide bonds. The second-order valence-corrected chi connectivity index (χ2v) is 6.27. The van der Waals surface area contributed by atoms with Gasteiger partial charge in [0, 0.05) is 17.1 Å². The molecule has 110 valence electrons. The lowest BCUT2D eigenvalue weighted by Crippen LogP contribution is -2.23. The Labute approximate surface area is 130 Å². The van der Waals surface area contributed by atoms with Crippen molar-refractivity contribution in [2.75, 3.05) is 0 Å². The molecule has 0 spiro atoms. The zero-order valence-corrected chi connectivity index (χ0v) is 13.0. The molecule has 2 atom stereocenters. The second-order valence-electron chi connectivity index (χ2n) is 5.83. The molecule has 0 aliphatic heterocycles. The Balaban J connectivity index is 1.77. The van der Waals surface area contributed by atoms with Crippen molar-refractivity contribution in [3.8, 4) is 0 Å². The number of rotatable bonds is 3. The molecule has 1 nitrogen and oxygen atoms in total. The molecule has 0 radical (unpaired) electrons. The summed E-state index contributed by atoms with van der Waals surface area (Å²) in [4.78, 5) is 0. The van der Waals surface area contributed by atoms with E-state index < -0.39 is 0 Å². The highest BCUT2D eigenvalue weighted by Gasteiger charge is 2.24. The molecule has 3 heteroatoms. The lowest BCUT2D eigenvalue weighted by molar-refractivity contribution is 0.463. The van der Waals surface area contributed by atoms with Crippen molar-refractivity contribution in [2.24, 2.45) is 0 Å². The van der Waals surface area contributed by atoms with Gasteiger partial charge in [0.25, 0.3) is 0 Å². The highest BCUT2D eigenvalue weighted by molar-refractivity contribution is 6.30. The molecule has 21 heavy (non-hydrogen) atoms. The first-order valence-electron chi connectivity index (χ1n) is 7.35. The summed E-state index contributed by atoms with van der Waals surface area (Å²) in [6, 6.07) is 12.0. The van der Waals surface area contributed by atoms with Crippen LogP contribution in [0.2, 0.25) is 5.02 Å². The van der Waals surface area contributed by atoms with Gasteiger partial charge in [-0.2, -0.15) is 0 Å². The van der Waals surface area contributed by atoms with Crippen molar-refractivity contribution < 1.29 is 4.39 Å². The SMILES string of the molecule is Cc1ccc(C(C)NC2CCc3cc(Cl)ccc32)cc1F. The van der Waals surface area contributed by atoms with Gasteiger partial charge in [-0.25, -0.2) is 4.39 Å². The number of halogens is 2. The van der Waals surface area contributed by atoms with Crippen LogP contribution in [0.3, 0.4) is 0 Å². The number of hydrogen-bond acceptors (Lipinski definition) is 1. The van der Waals surface area contributed by atoms with E-state index in [0.29, 0.717) is 11.6 Å². The fraction of sp³-hybridized carbons (Fsp3) is 0.333. The van der Waals surface area contributed by atoms with Gasteiger partial charge in [0.05, 0.1) is 0 Å². The topological polar surface area (TPSA) is 12.0 Å². The maximum absolute atomic E-state index is 13.7. The monoisotopic (exact) mass is 303 g/mol. The van der Waals surface area contributed by atoms with Crippen LogP contribution in [-0.2, 0) is 6.42 Å². The second kappa shape index (κ2) is 5.78. The van der Waals surface area contributed by atoms with E-state index in [1.807, 2.05) is 18.2 Å². The Morgan fingerprint density at radius 3 is 2.81 bits per heavy atom. The molecule has 0 saturated carbocycles. The van der Waals surface area contributed by atoms with Gasteiger partial charge in [-0.3, -0.25) is 0 Å². The van der Waals surface area contributed by atoms with E-state index in [1.165, 1.54) is 11.1 Å². The predicted molar refractivity (Wildman–Crippen MR) is 85.2 cm³/mol. The minimum atomic E-state index is -0.139. The average Bonchev–Trinajstić information content (AvgIpc) is 2.84. The lowest BCUT2D eigenvalue weighted by Gasteiger charge is -2.21. The first-order chi connectivity index (χ1) is 10.0. The van der Waals surface area contributed by atoms with Crippen molar-refractivity contribution >= 4 is 11.6 Å². The third kappa shape index (κ3) is 2.97. The maximum atomic E-state index is 13.7. The van der Waals surface area contributed by atoms with E-state index in [0.717, 1.165) is 23.4 Å². The van der Waals surface area contributed by atoms with Crippen LogP contribution in [-0.4, -0.2) is 0 Å². The van der Waals surface area contributed by atoms with Crippen molar-refractivity contribution in [3.05, 3.63) is 69.5 Å². The molecule has 1 N–H and O–H groups in total. The number of nitrogens with one attached hydrogen (secondary N) is 1. The normalized spacial score (nSPS) is 18.6. The van der Waals surface area contributed by atoms with Crippen molar-refractivity contribution in [2.45, 2.75) is 38.8 Å². The minimum Gasteiger partial charge on any atom is -0.303 e. The van der Waals surface area contributed by atoms with Gasteiger partial charge in [0.1, 0.15) is 5.82 Å². The van der Waals surface area contributed by atoms with E-state index in [-0.39, 0.29) is 11.9 Å². The summed E-state index contributed by atoms with van der Waals surface area (Å²) in [5.74, 6) is -0.139. The van der Waals surface area contributed by atoms with E-state index >= 15 is 0 Å². The van der Waals surface area contributed by atoms with Crippen LogP contribution in [0.15, 0.2) is 36.4 Å². The average molecular weight is 304 g/mol. The fourth-order valence-electron chi connectivity index (χ4n) is 3.04. The molecular weight excluding hydrogens is 285 g/mol. The van der Waals surface area contributed by atoms with Crippen LogP contribution in [0, 0.1) is 12.7 Å². The van der Waals surface area contributed by atoms with E-state index in [2.05, 4.69) is 24.4 Å². The highest BCUT2D eigenvalue weighted by Crippen LogP contribution is 2.34. The van der Waals surface area contributed by atoms with Crippen molar-refractivity contribution in [1.29, 1.82) is 0 Å². The number of aryl methyl sites for hydroxylation is 2. The van der Waals surface area contributed by atoms with Crippen molar-refractivity contribution in [1.82, 2.24) is 5.32 Å².